The maximum Gasteiger partial charge on any atom is 0.257 e. The van der Waals surface area contributed by atoms with Crippen LogP contribution >= 0.6 is 0 Å². The molecule has 0 saturated carbocycles. The SMILES string of the molecule is COc1cccc(OCC(=O)NCCc2cn3c(C)cccc3n2)c1. The summed E-state index contributed by atoms with van der Waals surface area (Å²) in [5.74, 6) is 1.13. The van der Waals surface area contributed by atoms with E-state index in [0.29, 0.717) is 24.5 Å². The molecule has 2 aromatic heterocycles. The van der Waals surface area contributed by atoms with Crippen LogP contribution in [0.2, 0.25) is 0 Å². The first-order valence-corrected chi connectivity index (χ1v) is 8.13. The van der Waals surface area contributed by atoms with E-state index < -0.39 is 0 Å². The fraction of sp³-hybridized carbons (Fsp3) is 0.263. The summed E-state index contributed by atoms with van der Waals surface area (Å²) in [6.45, 7) is 2.52. The van der Waals surface area contributed by atoms with Gasteiger partial charge in [-0.1, -0.05) is 12.1 Å². The van der Waals surface area contributed by atoms with Crippen LogP contribution in [0.15, 0.2) is 48.7 Å². The summed E-state index contributed by atoms with van der Waals surface area (Å²) < 4.78 is 12.6. The Morgan fingerprint density at radius 2 is 2.00 bits per heavy atom. The number of aromatic nitrogens is 2. The Kier molecular flexibility index (Phi) is 5.18. The van der Waals surface area contributed by atoms with Gasteiger partial charge in [-0.05, 0) is 31.2 Å². The number of amides is 1. The molecule has 0 unspecified atom stereocenters. The predicted octanol–water partition coefficient (Wildman–Crippen LogP) is 2.39. The molecule has 6 heteroatoms. The Labute approximate surface area is 146 Å². The first-order chi connectivity index (χ1) is 12.2. The highest BCUT2D eigenvalue weighted by Gasteiger charge is 2.06. The van der Waals surface area contributed by atoms with Crippen molar-refractivity contribution in [2.24, 2.45) is 0 Å². The van der Waals surface area contributed by atoms with E-state index in [-0.39, 0.29) is 12.5 Å². The molecule has 6 nitrogen and oxygen atoms in total. The number of methoxy groups -OCH3 is 1. The van der Waals surface area contributed by atoms with Crippen LogP contribution in [0.3, 0.4) is 0 Å². The molecule has 0 aliphatic rings. The second-order valence-electron chi connectivity index (χ2n) is 5.70. The molecule has 1 amide bonds. The number of carbonyl (C=O) groups is 1. The molecule has 0 aliphatic heterocycles. The highest BCUT2D eigenvalue weighted by Crippen LogP contribution is 2.18. The molecule has 3 rings (SSSR count). The second-order valence-corrected chi connectivity index (χ2v) is 5.70. The molecule has 0 atom stereocenters. The number of nitrogens with one attached hydrogen (secondary N) is 1. The number of rotatable bonds is 7. The van der Waals surface area contributed by atoms with Crippen molar-refractivity contribution in [2.45, 2.75) is 13.3 Å². The van der Waals surface area contributed by atoms with Crippen molar-refractivity contribution in [2.75, 3.05) is 20.3 Å². The fourth-order valence-corrected chi connectivity index (χ4v) is 2.54. The molecule has 3 aromatic rings. The van der Waals surface area contributed by atoms with Crippen LogP contribution in [0.1, 0.15) is 11.4 Å². The Balaban J connectivity index is 1.46. The van der Waals surface area contributed by atoms with Gasteiger partial charge in [0.05, 0.1) is 12.8 Å². The average molecular weight is 339 g/mol. The minimum absolute atomic E-state index is 0.0303. The van der Waals surface area contributed by atoms with Gasteiger partial charge in [0, 0.05) is 30.9 Å². The molecule has 130 valence electrons. The van der Waals surface area contributed by atoms with E-state index >= 15 is 0 Å². The van der Waals surface area contributed by atoms with Gasteiger partial charge in [0.1, 0.15) is 17.1 Å². The topological polar surface area (TPSA) is 64.9 Å². The van der Waals surface area contributed by atoms with E-state index in [1.54, 1.807) is 19.2 Å². The van der Waals surface area contributed by atoms with Crippen LogP contribution in [0.5, 0.6) is 11.5 Å². The lowest BCUT2D eigenvalue weighted by Gasteiger charge is -2.08. The molecule has 0 radical (unpaired) electrons. The summed E-state index contributed by atoms with van der Waals surface area (Å²) in [5.41, 5.74) is 3.00. The molecule has 0 fully saturated rings. The van der Waals surface area contributed by atoms with Crippen LogP contribution in [0.25, 0.3) is 5.65 Å². The lowest BCUT2D eigenvalue weighted by molar-refractivity contribution is -0.123. The Morgan fingerprint density at radius 3 is 2.80 bits per heavy atom. The smallest absolute Gasteiger partial charge is 0.257 e. The second kappa shape index (κ2) is 7.70. The first-order valence-electron chi connectivity index (χ1n) is 8.13. The molecule has 0 saturated heterocycles. The standard InChI is InChI=1S/C19H21N3O3/c1-14-5-3-8-18-21-15(12-22(14)18)9-10-20-19(23)13-25-17-7-4-6-16(11-17)24-2/h3-8,11-12H,9-10,13H2,1-2H3,(H,20,23). The van der Waals surface area contributed by atoms with Crippen LogP contribution in [0.4, 0.5) is 0 Å². The zero-order valence-corrected chi connectivity index (χ0v) is 14.4. The van der Waals surface area contributed by atoms with Gasteiger partial charge in [-0.3, -0.25) is 4.79 Å². The quantitative estimate of drug-likeness (QED) is 0.718. The number of pyridine rings is 1. The highest BCUT2D eigenvalue weighted by atomic mass is 16.5. The van der Waals surface area contributed by atoms with Crippen molar-refractivity contribution in [1.82, 2.24) is 14.7 Å². The van der Waals surface area contributed by atoms with Crippen molar-refractivity contribution in [3.63, 3.8) is 0 Å². The summed E-state index contributed by atoms with van der Waals surface area (Å²) in [7, 11) is 1.59. The highest BCUT2D eigenvalue weighted by molar-refractivity contribution is 5.77. The van der Waals surface area contributed by atoms with E-state index in [2.05, 4.69) is 10.3 Å². The third-order valence-electron chi connectivity index (χ3n) is 3.86. The van der Waals surface area contributed by atoms with Gasteiger partial charge in [0.15, 0.2) is 6.61 Å². The number of imidazole rings is 1. The van der Waals surface area contributed by atoms with Crippen molar-refractivity contribution in [3.05, 3.63) is 60.0 Å². The Bertz CT molecular complexity index is 873. The lowest BCUT2D eigenvalue weighted by atomic mass is 10.3. The minimum atomic E-state index is -0.164. The summed E-state index contributed by atoms with van der Waals surface area (Å²) in [4.78, 5) is 16.4. The molecule has 1 aromatic carbocycles. The predicted molar refractivity (Wildman–Crippen MR) is 95.1 cm³/mol. The van der Waals surface area contributed by atoms with E-state index in [1.807, 2.05) is 47.9 Å². The van der Waals surface area contributed by atoms with Crippen molar-refractivity contribution in [3.8, 4) is 11.5 Å². The van der Waals surface area contributed by atoms with E-state index in [1.165, 1.54) is 0 Å². The minimum Gasteiger partial charge on any atom is -0.497 e. The zero-order chi connectivity index (χ0) is 17.6. The number of hydrogen-bond donors (Lipinski definition) is 1. The summed E-state index contributed by atoms with van der Waals surface area (Å²) in [6, 6.07) is 13.2. The van der Waals surface area contributed by atoms with E-state index in [4.69, 9.17) is 9.47 Å². The van der Waals surface area contributed by atoms with Gasteiger partial charge in [-0.15, -0.1) is 0 Å². The maximum absolute atomic E-state index is 11.9. The monoisotopic (exact) mass is 339 g/mol. The third-order valence-corrected chi connectivity index (χ3v) is 3.86. The largest absolute Gasteiger partial charge is 0.497 e. The summed E-state index contributed by atoms with van der Waals surface area (Å²) in [5, 5.41) is 2.84. The molecular formula is C19H21N3O3. The molecule has 2 heterocycles. The molecule has 0 bridgehead atoms. The average Bonchev–Trinajstić information content (AvgIpc) is 3.04. The number of ether oxygens (including phenoxy) is 2. The van der Waals surface area contributed by atoms with Crippen LogP contribution in [0, 0.1) is 6.92 Å². The van der Waals surface area contributed by atoms with E-state index in [0.717, 1.165) is 17.0 Å². The van der Waals surface area contributed by atoms with Gasteiger partial charge in [0.2, 0.25) is 0 Å². The van der Waals surface area contributed by atoms with Crippen molar-refractivity contribution < 1.29 is 14.3 Å². The third kappa shape index (κ3) is 4.29. The number of carbonyl (C=O) groups excluding carboxylic acids is 1. The van der Waals surface area contributed by atoms with Gasteiger partial charge in [-0.25, -0.2) is 4.98 Å². The van der Waals surface area contributed by atoms with Crippen molar-refractivity contribution >= 4 is 11.6 Å². The summed E-state index contributed by atoms with van der Waals surface area (Å²) >= 11 is 0. The fourth-order valence-electron chi connectivity index (χ4n) is 2.54. The number of benzene rings is 1. The van der Waals surface area contributed by atoms with Crippen LogP contribution < -0.4 is 14.8 Å². The number of aryl methyl sites for hydroxylation is 1. The number of nitrogens with zero attached hydrogens (tertiary/aromatic N) is 2. The van der Waals surface area contributed by atoms with Crippen LogP contribution in [-0.2, 0) is 11.2 Å². The molecular weight excluding hydrogens is 318 g/mol. The summed E-state index contributed by atoms with van der Waals surface area (Å²) in [6.07, 6.45) is 2.68. The molecule has 0 aliphatic carbocycles. The van der Waals surface area contributed by atoms with Crippen LogP contribution in [-0.4, -0.2) is 35.6 Å². The van der Waals surface area contributed by atoms with Crippen molar-refractivity contribution in [1.29, 1.82) is 0 Å². The van der Waals surface area contributed by atoms with Gasteiger partial charge < -0.3 is 19.2 Å². The maximum atomic E-state index is 11.9. The number of hydrogen-bond acceptors (Lipinski definition) is 4. The van der Waals surface area contributed by atoms with Gasteiger partial charge >= 0.3 is 0 Å². The van der Waals surface area contributed by atoms with E-state index in [9.17, 15) is 4.79 Å². The molecule has 0 spiro atoms. The Morgan fingerprint density at radius 1 is 1.20 bits per heavy atom. The van der Waals surface area contributed by atoms with Gasteiger partial charge in [0.25, 0.3) is 5.91 Å². The lowest BCUT2D eigenvalue weighted by Crippen LogP contribution is -2.30. The first kappa shape index (κ1) is 16.8. The Hall–Kier alpha value is -3.02. The number of fused-ring (bicyclic) bond motifs is 1. The van der Waals surface area contributed by atoms with Gasteiger partial charge in [-0.2, -0.15) is 0 Å². The normalized spacial score (nSPS) is 10.6. The zero-order valence-electron chi connectivity index (χ0n) is 14.4. The molecule has 25 heavy (non-hydrogen) atoms. The molecule has 1 N–H and O–H groups in total.